The lowest BCUT2D eigenvalue weighted by molar-refractivity contribution is 0.0994. The first-order chi connectivity index (χ1) is 8.22. The number of carbonyl (C=O) groups excluding carboxylic acids is 1. The first kappa shape index (κ1) is 11.8. The second kappa shape index (κ2) is 5.09. The van der Waals surface area contributed by atoms with Crippen LogP contribution in [0.4, 0.5) is 5.82 Å². The molecule has 1 aliphatic carbocycles. The van der Waals surface area contributed by atoms with Gasteiger partial charge >= 0.3 is 0 Å². The van der Waals surface area contributed by atoms with Gasteiger partial charge in [0.05, 0.1) is 0 Å². The van der Waals surface area contributed by atoms with E-state index in [4.69, 9.17) is 11.5 Å². The molecular weight excluding hydrogens is 218 g/mol. The van der Waals surface area contributed by atoms with Crippen molar-refractivity contribution in [3.63, 3.8) is 0 Å². The first-order valence-corrected chi connectivity index (χ1v) is 5.82. The molecule has 0 bridgehead atoms. The SMILES string of the molecule is NCCN(c1ccc(C(N)=O)nn1)C1CCC1. The predicted octanol–water partition coefficient (Wildman–Crippen LogP) is -0.107. The highest BCUT2D eigenvalue weighted by Gasteiger charge is 2.25. The molecule has 4 N–H and O–H groups in total. The fraction of sp³-hybridized carbons (Fsp3) is 0.545. The Morgan fingerprint density at radius 3 is 2.59 bits per heavy atom. The third-order valence-electron chi connectivity index (χ3n) is 3.08. The van der Waals surface area contributed by atoms with Crippen LogP contribution in [0.1, 0.15) is 29.8 Å². The van der Waals surface area contributed by atoms with Gasteiger partial charge in [-0.3, -0.25) is 4.79 Å². The van der Waals surface area contributed by atoms with Crippen LogP contribution in [0.2, 0.25) is 0 Å². The van der Waals surface area contributed by atoms with Gasteiger partial charge in [0.25, 0.3) is 5.91 Å². The standard InChI is InChI=1S/C11H17N5O/c12-6-7-16(8-2-1-3-8)10-5-4-9(11(13)17)14-15-10/h4-5,8H,1-3,6-7,12H2,(H2,13,17). The van der Waals surface area contributed by atoms with Gasteiger partial charge in [-0.25, -0.2) is 0 Å². The van der Waals surface area contributed by atoms with Gasteiger partial charge in [-0.2, -0.15) is 0 Å². The minimum atomic E-state index is -0.557. The zero-order valence-corrected chi connectivity index (χ0v) is 9.67. The predicted molar refractivity (Wildman–Crippen MR) is 64.6 cm³/mol. The first-order valence-electron chi connectivity index (χ1n) is 5.82. The van der Waals surface area contributed by atoms with Crippen molar-refractivity contribution in [3.8, 4) is 0 Å². The van der Waals surface area contributed by atoms with Crippen LogP contribution in [0, 0.1) is 0 Å². The number of aromatic nitrogens is 2. The van der Waals surface area contributed by atoms with E-state index in [1.807, 2.05) is 0 Å². The molecule has 1 aliphatic rings. The summed E-state index contributed by atoms with van der Waals surface area (Å²) in [6.07, 6.45) is 3.58. The molecule has 1 aromatic heterocycles. The van der Waals surface area contributed by atoms with Crippen LogP contribution in [-0.2, 0) is 0 Å². The summed E-state index contributed by atoms with van der Waals surface area (Å²) in [5, 5.41) is 7.86. The van der Waals surface area contributed by atoms with Gasteiger partial charge in [0.15, 0.2) is 11.5 Å². The summed E-state index contributed by atoms with van der Waals surface area (Å²) >= 11 is 0. The number of anilines is 1. The minimum Gasteiger partial charge on any atom is -0.364 e. The molecule has 1 heterocycles. The Hall–Kier alpha value is -1.69. The molecule has 0 unspecified atom stereocenters. The number of carbonyl (C=O) groups is 1. The Bertz CT molecular complexity index is 387. The van der Waals surface area contributed by atoms with Gasteiger partial charge < -0.3 is 16.4 Å². The van der Waals surface area contributed by atoms with Crippen molar-refractivity contribution in [1.82, 2.24) is 10.2 Å². The molecule has 6 heteroatoms. The summed E-state index contributed by atoms with van der Waals surface area (Å²) in [5.74, 6) is 0.211. The Kier molecular flexibility index (Phi) is 3.53. The van der Waals surface area contributed by atoms with E-state index in [-0.39, 0.29) is 5.69 Å². The fourth-order valence-corrected chi connectivity index (χ4v) is 1.93. The van der Waals surface area contributed by atoms with Crippen molar-refractivity contribution in [3.05, 3.63) is 17.8 Å². The van der Waals surface area contributed by atoms with Crippen LogP contribution in [0.25, 0.3) is 0 Å². The van der Waals surface area contributed by atoms with Gasteiger partial charge in [-0.05, 0) is 31.4 Å². The van der Waals surface area contributed by atoms with Crippen LogP contribution >= 0.6 is 0 Å². The Morgan fingerprint density at radius 2 is 2.18 bits per heavy atom. The van der Waals surface area contributed by atoms with E-state index in [0.717, 1.165) is 12.4 Å². The molecule has 92 valence electrons. The maximum atomic E-state index is 10.9. The van der Waals surface area contributed by atoms with Crippen molar-refractivity contribution in [2.75, 3.05) is 18.0 Å². The van der Waals surface area contributed by atoms with E-state index < -0.39 is 5.91 Å². The molecule has 17 heavy (non-hydrogen) atoms. The summed E-state index contributed by atoms with van der Waals surface area (Å²) in [6.45, 7) is 1.34. The third kappa shape index (κ3) is 2.52. The maximum absolute atomic E-state index is 10.9. The van der Waals surface area contributed by atoms with E-state index in [1.54, 1.807) is 12.1 Å². The zero-order chi connectivity index (χ0) is 12.3. The Morgan fingerprint density at radius 1 is 1.41 bits per heavy atom. The second-order valence-corrected chi connectivity index (χ2v) is 4.21. The number of hydrogen-bond acceptors (Lipinski definition) is 5. The molecule has 0 aromatic carbocycles. The molecule has 1 amide bonds. The maximum Gasteiger partial charge on any atom is 0.269 e. The number of primary amides is 1. The zero-order valence-electron chi connectivity index (χ0n) is 9.67. The van der Waals surface area contributed by atoms with Crippen molar-refractivity contribution >= 4 is 11.7 Å². The lowest BCUT2D eigenvalue weighted by Crippen LogP contribution is -2.43. The third-order valence-corrected chi connectivity index (χ3v) is 3.08. The summed E-state index contributed by atoms with van der Waals surface area (Å²) < 4.78 is 0. The molecule has 1 aromatic rings. The van der Waals surface area contributed by atoms with Crippen LogP contribution in [0.3, 0.4) is 0 Å². The van der Waals surface area contributed by atoms with Gasteiger partial charge in [-0.15, -0.1) is 10.2 Å². The summed E-state index contributed by atoms with van der Waals surface area (Å²) in [6, 6.07) is 3.89. The Balaban J connectivity index is 2.14. The molecule has 2 rings (SSSR count). The highest BCUT2D eigenvalue weighted by atomic mass is 16.1. The van der Waals surface area contributed by atoms with Crippen LogP contribution in [-0.4, -0.2) is 35.2 Å². The van der Waals surface area contributed by atoms with E-state index >= 15 is 0 Å². The normalized spacial score (nSPS) is 15.4. The second-order valence-electron chi connectivity index (χ2n) is 4.21. The van der Waals surface area contributed by atoms with Crippen molar-refractivity contribution in [1.29, 1.82) is 0 Å². The van der Waals surface area contributed by atoms with Crippen LogP contribution in [0.15, 0.2) is 12.1 Å². The van der Waals surface area contributed by atoms with E-state index in [1.165, 1.54) is 19.3 Å². The van der Waals surface area contributed by atoms with E-state index in [9.17, 15) is 4.79 Å². The number of nitrogens with two attached hydrogens (primary N) is 2. The molecule has 0 saturated heterocycles. The molecule has 6 nitrogen and oxygen atoms in total. The van der Waals surface area contributed by atoms with Gasteiger partial charge in [-0.1, -0.05) is 0 Å². The average Bonchev–Trinajstić information content (AvgIpc) is 2.26. The topological polar surface area (TPSA) is 98.1 Å². The number of amides is 1. The smallest absolute Gasteiger partial charge is 0.269 e. The lowest BCUT2D eigenvalue weighted by atomic mass is 9.91. The van der Waals surface area contributed by atoms with Gasteiger partial charge in [0, 0.05) is 19.1 Å². The molecule has 0 radical (unpaired) electrons. The quantitative estimate of drug-likeness (QED) is 0.742. The molecule has 0 spiro atoms. The van der Waals surface area contributed by atoms with Gasteiger partial charge in [0.1, 0.15) is 0 Å². The number of hydrogen-bond donors (Lipinski definition) is 2. The van der Waals surface area contributed by atoms with Crippen molar-refractivity contribution in [2.45, 2.75) is 25.3 Å². The number of rotatable bonds is 5. The summed E-state index contributed by atoms with van der Waals surface area (Å²) in [4.78, 5) is 13.0. The fourth-order valence-electron chi connectivity index (χ4n) is 1.93. The van der Waals surface area contributed by atoms with Gasteiger partial charge in [0.2, 0.25) is 0 Å². The molecular formula is C11H17N5O. The lowest BCUT2D eigenvalue weighted by Gasteiger charge is -2.37. The summed E-state index contributed by atoms with van der Waals surface area (Å²) in [7, 11) is 0. The van der Waals surface area contributed by atoms with Crippen molar-refractivity contribution in [2.24, 2.45) is 11.5 Å². The molecule has 1 saturated carbocycles. The molecule has 0 aliphatic heterocycles. The van der Waals surface area contributed by atoms with Crippen molar-refractivity contribution < 1.29 is 4.79 Å². The molecule has 0 atom stereocenters. The average molecular weight is 235 g/mol. The minimum absolute atomic E-state index is 0.190. The highest BCUT2D eigenvalue weighted by molar-refractivity contribution is 5.90. The Labute approximate surface area is 100.0 Å². The monoisotopic (exact) mass is 235 g/mol. The number of nitrogens with zero attached hydrogens (tertiary/aromatic N) is 3. The van der Waals surface area contributed by atoms with Crippen LogP contribution in [0.5, 0.6) is 0 Å². The highest BCUT2D eigenvalue weighted by Crippen LogP contribution is 2.27. The molecule has 1 fully saturated rings. The summed E-state index contributed by atoms with van der Waals surface area (Å²) in [5.41, 5.74) is 10.9. The largest absolute Gasteiger partial charge is 0.364 e. The van der Waals surface area contributed by atoms with E-state index in [0.29, 0.717) is 12.6 Å². The van der Waals surface area contributed by atoms with Crippen LogP contribution < -0.4 is 16.4 Å². The van der Waals surface area contributed by atoms with E-state index in [2.05, 4.69) is 15.1 Å².